The maximum atomic E-state index is 12.2. The first kappa shape index (κ1) is 18.7. The molecule has 2 amide bonds. The molecule has 0 atom stereocenters. The molecule has 30 heavy (non-hydrogen) atoms. The molecule has 10 nitrogen and oxygen atoms in total. The van der Waals surface area contributed by atoms with Crippen molar-refractivity contribution in [3.05, 3.63) is 100 Å². The summed E-state index contributed by atoms with van der Waals surface area (Å²) >= 11 is 0. The van der Waals surface area contributed by atoms with E-state index in [9.17, 15) is 28.8 Å². The van der Waals surface area contributed by atoms with Crippen LogP contribution in [-0.4, -0.2) is 11.8 Å². The highest BCUT2D eigenvalue weighted by Gasteiger charge is 2.15. The van der Waals surface area contributed by atoms with Gasteiger partial charge in [-0.15, -0.1) is 0 Å². The lowest BCUT2D eigenvalue weighted by Crippen LogP contribution is -2.42. The van der Waals surface area contributed by atoms with E-state index in [1.54, 1.807) is 35.1 Å². The normalized spacial score (nSPS) is 10.8. The molecule has 0 saturated heterocycles. The molecule has 146 valence electrons. The zero-order valence-electron chi connectivity index (χ0n) is 15.0. The summed E-state index contributed by atoms with van der Waals surface area (Å²) in [6, 6.07) is 12.0. The maximum absolute atomic E-state index is 12.2. The highest BCUT2D eigenvalue weighted by Crippen LogP contribution is 2.02. The van der Waals surface area contributed by atoms with E-state index in [1.165, 1.54) is 24.3 Å². The maximum Gasteiger partial charge on any atom is 0.331 e. The second kappa shape index (κ2) is 7.09. The van der Waals surface area contributed by atoms with Gasteiger partial charge in [-0.3, -0.25) is 28.8 Å². The van der Waals surface area contributed by atoms with Crippen LogP contribution in [0.25, 0.3) is 21.5 Å². The lowest BCUT2D eigenvalue weighted by Gasteiger charge is -1.96. The van der Waals surface area contributed by atoms with Crippen LogP contribution in [0.3, 0.4) is 0 Å². The Morgan fingerprint density at radius 1 is 0.533 bits per heavy atom. The van der Waals surface area contributed by atoms with Crippen LogP contribution in [0, 0.1) is 0 Å². The average Bonchev–Trinajstić information content (AvgIpc) is 3.15. The quantitative estimate of drug-likeness (QED) is 0.285. The van der Waals surface area contributed by atoms with Crippen LogP contribution < -0.4 is 43.3 Å². The van der Waals surface area contributed by atoms with E-state index in [1.807, 2.05) is 0 Å². The average molecular weight is 402 g/mol. The molecule has 0 heterocycles. The van der Waals surface area contributed by atoms with E-state index >= 15 is 0 Å². The van der Waals surface area contributed by atoms with Gasteiger partial charge in [0.2, 0.25) is 21.7 Å². The van der Waals surface area contributed by atoms with Gasteiger partial charge in [0.15, 0.2) is 10.7 Å². The third kappa shape index (κ3) is 2.92. The van der Waals surface area contributed by atoms with Gasteiger partial charge in [0.1, 0.15) is 0 Å². The fourth-order valence-corrected chi connectivity index (χ4v) is 2.99. The first-order chi connectivity index (χ1) is 14.4. The van der Waals surface area contributed by atoms with Gasteiger partial charge in [-0.05, 0) is 0 Å². The Hall–Kier alpha value is -4.60. The van der Waals surface area contributed by atoms with Crippen molar-refractivity contribution in [2.45, 2.75) is 0 Å². The molecule has 10 heteroatoms. The molecule has 0 aromatic heterocycles. The number of carbonyl (C=O) groups excluding carboxylic acids is 2. The monoisotopic (exact) mass is 402 g/mol. The molecular formula is C20H10N4O6. The number of rotatable bonds is 2. The van der Waals surface area contributed by atoms with Crippen LogP contribution in [0.15, 0.2) is 77.9 Å². The summed E-state index contributed by atoms with van der Waals surface area (Å²) in [5.41, 5.74) is 0.847. The molecule has 0 aliphatic rings. The van der Waals surface area contributed by atoms with Crippen LogP contribution in [0.5, 0.6) is 0 Å². The predicted octanol–water partition coefficient (Wildman–Crippen LogP) is -2.25. The third-order valence-corrected chi connectivity index (χ3v) is 4.44. The number of nitrogens with one attached hydrogen (secondary N) is 2. The number of carbonyl (C=O) groups is 2. The van der Waals surface area contributed by atoms with Crippen molar-refractivity contribution < 1.29 is 9.59 Å². The van der Waals surface area contributed by atoms with Crippen molar-refractivity contribution >= 4 is 33.4 Å². The van der Waals surface area contributed by atoms with Gasteiger partial charge >= 0.3 is 11.8 Å². The van der Waals surface area contributed by atoms with Crippen LogP contribution >= 0.6 is 0 Å². The van der Waals surface area contributed by atoms with Gasteiger partial charge in [0, 0.05) is 21.5 Å². The molecule has 2 N–H and O–H groups in total. The Bertz CT molecular complexity index is 1440. The van der Waals surface area contributed by atoms with Crippen LogP contribution in [0.4, 0.5) is 0 Å². The summed E-state index contributed by atoms with van der Waals surface area (Å²) in [5, 5.41) is 6.36. The van der Waals surface area contributed by atoms with E-state index in [4.69, 9.17) is 0 Å². The van der Waals surface area contributed by atoms with Gasteiger partial charge in [-0.2, -0.15) is 10.2 Å². The number of fused-ring (bicyclic) bond motifs is 2. The molecule has 0 spiro atoms. The highest BCUT2D eigenvalue weighted by molar-refractivity contribution is 6.34. The van der Waals surface area contributed by atoms with E-state index < -0.39 is 44.2 Å². The molecule has 4 aromatic rings. The molecule has 0 fully saturated rings. The van der Waals surface area contributed by atoms with E-state index in [2.05, 4.69) is 10.2 Å². The molecule has 4 rings (SSSR count). The van der Waals surface area contributed by atoms with Gasteiger partial charge in [0.05, 0.1) is 0 Å². The Morgan fingerprint density at radius 2 is 0.800 bits per heavy atom. The Morgan fingerprint density at radius 3 is 1.07 bits per heavy atom. The van der Waals surface area contributed by atoms with Gasteiger partial charge in [-0.25, -0.2) is 10.9 Å². The minimum absolute atomic E-state index is 0.143. The van der Waals surface area contributed by atoms with Crippen molar-refractivity contribution in [2.24, 2.45) is 10.2 Å². The van der Waals surface area contributed by atoms with Crippen molar-refractivity contribution in [2.75, 3.05) is 0 Å². The molecule has 0 aliphatic carbocycles. The summed E-state index contributed by atoms with van der Waals surface area (Å²) in [4.78, 5) is 72.4. The number of amides is 2. The molecule has 0 saturated carbocycles. The van der Waals surface area contributed by atoms with Crippen LogP contribution in [-0.2, 0) is 9.59 Å². The zero-order chi connectivity index (χ0) is 21.4. The minimum atomic E-state index is -1.35. The Labute approximate surface area is 164 Å². The standard InChI is InChI=1S/C20H10N4O6/c25-15-9-5-1-2-6-10(9)16(26)13(15)21-23-19(29)20(30)24-22-14-17(27)11-7-3-4-8-12(11)18(14)28/h1-8H,(H,23,29)(H,24,30). The second-order valence-corrected chi connectivity index (χ2v) is 6.21. The summed E-state index contributed by atoms with van der Waals surface area (Å²) < 4.78 is 0. The Kier molecular flexibility index (Phi) is 4.43. The SMILES string of the molecule is O=C(NN=c1c(=O)c2ccccc2c1=O)C(=O)NN=c1c(=O)c2ccccc2c1=O. The molecule has 0 radical (unpaired) electrons. The number of hydrogen-bond acceptors (Lipinski definition) is 8. The Balaban J connectivity index is 1.60. The number of benzene rings is 2. The first-order valence-corrected chi connectivity index (χ1v) is 8.52. The molecular weight excluding hydrogens is 392 g/mol. The van der Waals surface area contributed by atoms with Crippen molar-refractivity contribution in [1.29, 1.82) is 0 Å². The van der Waals surface area contributed by atoms with Gasteiger partial charge in [-0.1, -0.05) is 48.5 Å². The topological polar surface area (TPSA) is 151 Å². The lowest BCUT2D eigenvalue weighted by molar-refractivity contribution is -0.139. The fourth-order valence-electron chi connectivity index (χ4n) is 2.99. The number of nitrogens with zero attached hydrogens (tertiary/aromatic N) is 2. The van der Waals surface area contributed by atoms with Crippen molar-refractivity contribution in [1.82, 2.24) is 10.9 Å². The zero-order valence-corrected chi connectivity index (χ0v) is 15.0. The molecule has 0 unspecified atom stereocenters. The van der Waals surface area contributed by atoms with Gasteiger partial charge < -0.3 is 0 Å². The molecule has 4 aromatic carbocycles. The summed E-state index contributed by atoms with van der Waals surface area (Å²) in [5.74, 6) is -2.70. The summed E-state index contributed by atoms with van der Waals surface area (Å²) in [7, 11) is 0. The fraction of sp³-hybridized carbons (Fsp3) is 0. The smallest absolute Gasteiger partial charge is 0.287 e. The predicted molar refractivity (Wildman–Crippen MR) is 105 cm³/mol. The van der Waals surface area contributed by atoms with Gasteiger partial charge in [0.25, 0.3) is 0 Å². The van der Waals surface area contributed by atoms with Crippen LogP contribution in [0.1, 0.15) is 0 Å². The first-order valence-electron chi connectivity index (χ1n) is 8.52. The van der Waals surface area contributed by atoms with Crippen molar-refractivity contribution in [3.8, 4) is 0 Å². The lowest BCUT2D eigenvalue weighted by atomic mass is 10.2. The van der Waals surface area contributed by atoms with E-state index in [0.717, 1.165) is 0 Å². The molecule has 0 bridgehead atoms. The third-order valence-electron chi connectivity index (χ3n) is 4.44. The van der Waals surface area contributed by atoms with E-state index in [-0.39, 0.29) is 21.5 Å². The van der Waals surface area contributed by atoms with Crippen LogP contribution in [0.2, 0.25) is 0 Å². The van der Waals surface area contributed by atoms with E-state index in [0.29, 0.717) is 0 Å². The highest BCUT2D eigenvalue weighted by atomic mass is 16.2. The summed E-state index contributed by atoms with van der Waals surface area (Å²) in [6.45, 7) is 0. The minimum Gasteiger partial charge on any atom is -0.287 e. The largest absolute Gasteiger partial charge is 0.331 e. The second-order valence-electron chi connectivity index (χ2n) is 6.21. The van der Waals surface area contributed by atoms with Crippen molar-refractivity contribution in [3.63, 3.8) is 0 Å². The number of hydrogen-bond donors (Lipinski definition) is 2. The molecule has 0 aliphatic heterocycles. The summed E-state index contributed by atoms with van der Waals surface area (Å²) in [6.07, 6.45) is 0.